The fraction of sp³-hybridized carbons (Fsp3) is 0.357. The zero-order valence-corrected chi connectivity index (χ0v) is 22.7. The number of fused-ring (bicyclic) bond motifs is 3. The number of hydrogen-bond donors (Lipinski definition) is 1. The predicted octanol–water partition coefficient (Wildman–Crippen LogP) is 6.08. The summed E-state index contributed by atoms with van der Waals surface area (Å²) in [5.74, 6) is -1.06. The molecule has 2 aliphatic heterocycles. The Hall–Kier alpha value is -2.43. The SMILES string of the molecule is O=C(O)c1c(C2CCc3ccccc3C2)csc1N(I)C(=O)c1ccc(N2CC3CCC(C2)O3)cc1. The van der Waals surface area contributed by atoms with Crippen molar-refractivity contribution >= 4 is 56.8 Å². The minimum Gasteiger partial charge on any atom is -0.478 e. The van der Waals surface area contributed by atoms with Crippen molar-refractivity contribution in [2.75, 3.05) is 21.1 Å². The fourth-order valence-electron chi connectivity index (χ4n) is 5.83. The Morgan fingerprint density at radius 3 is 2.39 bits per heavy atom. The molecule has 6 nitrogen and oxygen atoms in total. The van der Waals surface area contributed by atoms with Crippen LogP contribution < -0.4 is 8.01 Å². The van der Waals surface area contributed by atoms with E-state index >= 15 is 0 Å². The first-order chi connectivity index (χ1) is 17.5. The van der Waals surface area contributed by atoms with Gasteiger partial charge >= 0.3 is 5.97 Å². The van der Waals surface area contributed by atoms with Crippen LogP contribution in [0.25, 0.3) is 0 Å². The van der Waals surface area contributed by atoms with Crippen molar-refractivity contribution in [3.8, 4) is 0 Å². The van der Waals surface area contributed by atoms with Gasteiger partial charge in [0.2, 0.25) is 0 Å². The number of carbonyl (C=O) groups excluding carboxylic acids is 1. The highest BCUT2D eigenvalue weighted by Crippen LogP contribution is 2.42. The first-order valence-corrected chi connectivity index (χ1v) is 14.2. The van der Waals surface area contributed by atoms with Gasteiger partial charge in [0, 0.05) is 24.3 Å². The molecule has 3 aliphatic rings. The summed E-state index contributed by atoms with van der Waals surface area (Å²) >= 11 is 3.29. The molecule has 0 radical (unpaired) electrons. The van der Waals surface area contributed by atoms with Gasteiger partial charge in [0.1, 0.15) is 5.00 Å². The van der Waals surface area contributed by atoms with Crippen LogP contribution in [0.15, 0.2) is 53.9 Å². The van der Waals surface area contributed by atoms with Crippen molar-refractivity contribution in [3.63, 3.8) is 0 Å². The molecule has 3 aromatic rings. The third kappa shape index (κ3) is 4.43. The lowest BCUT2D eigenvalue weighted by Gasteiger charge is -2.33. The number of amides is 1. The van der Waals surface area contributed by atoms with Gasteiger partial charge in [-0.3, -0.25) is 4.79 Å². The molecular weight excluding hydrogens is 587 g/mol. The number of aryl methyl sites for hydroxylation is 1. The lowest BCUT2D eigenvalue weighted by atomic mass is 9.80. The first kappa shape index (κ1) is 23.9. The van der Waals surface area contributed by atoms with E-state index in [1.807, 2.05) is 58.6 Å². The van der Waals surface area contributed by atoms with E-state index in [9.17, 15) is 14.7 Å². The van der Waals surface area contributed by atoms with Gasteiger partial charge in [0.25, 0.3) is 5.91 Å². The third-order valence-corrected chi connectivity index (χ3v) is 9.91. The molecule has 2 saturated heterocycles. The minimum absolute atomic E-state index is 0.138. The molecule has 36 heavy (non-hydrogen) atoms. The van der Waals surface area contributed by atoms with Crippen molar-refractivity contribution in [2.24, 2.45) is 0 Å². The van der Waals surface area contributed by atoms with E-state index in [2.05, 4.69) is 23.1 Å². The molecular formula is C28H27IN2O4S. The number of thiophene rings is 1. The van der Waals surface area contributed by atoms with E-state index in [1.165, 1.54) is 25.6 Å². The second-order valence-corrected chi connectivity index (χ2v) is 11.7. The van der Waals surface area contributed by atoms with Crippen LogP contribution in [0, 0.1) is 0 Å². The molecule has 1 amide bonds. The molecule has 2 aromatic carbocycles. The number of benzene rings is 2. The number of ether oxygens (including phenoxy) is 1. The zero-order valence-electron chi connectivity index (χ0n) is 19.7. The summed E-state index contributed by atoms with van der Waals surface area (Å²) in [6.45, 7) is 1.77. The monoisotopic (exact) mass is 614 g/mol. The summed E-state index contributed by atoms with van der Waals surface area (Å²) in [6.07, 6.45) is 5.51. The van der Waals surface area contributed by atoms with Gasteiger partial charge in [-0.25, -0.2) is 7.91 Å². The van der Waals surface area contributed by atoms with Gasteiger partial charge in [0.05, 0.1) is 40.6 Å². The maximum absolute atomic E-state index is 13.4. The Bertz CT molecular complexity index is 1300. The summed E-state index contributed by atoms with van der Waals surface area (Å²) in [7, 11) is 0. The summed E-state index contributed by atoms with van der Waals surface area (Å²) in [5.41, 5.74) is 5.36. The van der Waals surface area contributed by atoms with E-state index < -0.39 is 5.97 Å². The molecule has 3 heterocycles. The Morgan fingerprint density at radius 1 is 1.00 bits per heavy atom. The van der Waals surface area contributed by atoms with E-state index in [4.69, 9.17) is 4.74 Å². The number of nitrogens with zero attached hydrogens (tertiary/aromatic N) is 2. The van der Waals surface area contributed by atoms with Gasteiger partial charge in [-0.1, -0.05) is 24.3 Å². The number of morpholine rings is 1. The highest BCUT2D eigenvalue weighted by molar-refractivity contribution is 14.1. The Kier molecular flexibility index (Phi) is 6.51. The molecule has 8 heteroatoms. The average molecular weight is 615 g/mol. The minimum atomic E-state index is -0.980. The van der Waals surface area contributed by atoms with Crippen LogP contribution in [-0.4, -0.2) is 42.3 Å². The third-order valence-electron chi connectivity index (χ3n) is 7.68. The van der Waals surface area contributed by atoms with Crippen molar-refractivity contribution in [1.82, 2.24) is 0 Å². The maximum atomic E-state index is 13.4. The lowest BCUT2D eigenvalue weighted by Crippen LogP contribution is -2.42. The normalized spacial score (nSPS) is 22.8. The molecule has 3 unspecified atom stereocenters. The van der Waals surface area contributed by atoms with Crippen LogP contribution in [0.1, 0.15) is 62.6 Å². The fourth-order valence-corrected chi connectivity index (χ4v) is 7.74. The Morgan fingerprint density at radius 2 is 1.69 bits per heavy atom. The van der Waals surface area contributed by atoms with Crippen LogP contribution in [0.5, 0.6) is 0 Å². The van der Waals surface area contributed by atoms with E-state index in [0.29, 0.717) is 22.8 Å². The topological polar surface area (TPSA) is 70.1 Å². The van der Waals surface area contributed by atoms with E-state index in [-0.39, 0.29) is 17.4 Å². The number of aromatic carboxylic acids is 1. The quantitative estimate of drug-likeness (QED) is 0.279. The molecule has 0 spiro atoms. The van der Waals surface area contributed by atoms with Gasteiger partial charge in [-0.15, -0.1) is 11.3 Å². The molecule has 2 fully saturated rings. The van der Waals surface area contributed by atoms with Crippen LogP contribution in [0.3, 0.4) is 0 Å². The van der Waals surface area contributed by atoms with Crippen LogP contribution in [-0.2, 0) is 17.6 Å². The lowest BCUT2D eigenvalue weighted by molar-refractivity contribution is 0.0305. The van der Waals surface area contributed by atoms with Crippen molar-refractivity contribution in [2.45, 2.75) is 50.2 Å². The van der Waals surface area contributed by atoms with Crippen molar-refractivity contribution < 1.29 is 19.4 Å². The number of halogens is 1. The summed E-state index contributed by atoms with van der Waals surface area (Å²) in [5, 5.41) is 12.6. The van der Waals surface area contributed by atoms with E-state index in [1.54, 1.807) is 0 Å². The molecule has 1 N–H and O–H groups in total. The molecule has 3 atom stereocenters. The van der Waals surface area contributed by atoms with Crippen LogP contribution in [0.4, 0.5) is 10.7 Å². The van der Waals surface area contributed by atoms with Gasteiger partial charge in [-0.05, 0) is 84.4 Å². The number of anilines is 2. The van der Waals surface area contributed by atoms with Gasteiger partial charge in [-0.2, -0.15) is 0 Å². The number of rotatable bonds is 5. The molecule has 2 bridgehead atoms. The molecule has 0 saturated carbocycles. The smallest absolute Gasteiger partial charge is 0.339 e. The molecule has 1 aliphatic carbocycles. The van der Waals surface area contributed by atoms with E-state index in [0.717, 1.165) is 56.4 Å². The number of carbonyl (C=O) groups is 2. The largest absolute Gasteiger partial charge is 0.478 e. The summed E-state index contributed by atoms with van der Waals surface area (Å²) < 4.78 is 7.40. The molecule has 186 valence electrons. The maximum Gasteiger partial charge on any atom is 0.339 e. The molecule has 6 rings (SSSR count). The number of carboxylic acids is 1. The highest BCUT2D eigenvalue weighted by Gasteiger charge is 2.34. The second kappa shape index (κ2) is 9.79. The number of carboxylic acid groups (broad SMARTS) is 1. The molecule has 1 aromatic heterocycles. The second-order valence-electron chi connectivity index (χ2n) is 9.88. The standard InChI is InChI=1S/C28H27IN2O4S/c29-31(26(32)18-7-9-21(10-8-18)30-14-22-11-12-23(15-30)35-22)27-25(28(33)34)24(16-36-27)20-6-5-17-3-1-2-4-19(17)13-20/h1-4,7-10,16,20,22-23H,5-6,11-15H2,(H,33,34). The number of hydrogen-bond acceptors (Lipinski definition) is 5. The Labute approximate surface area is 228 Å². The Balaban J connectivity index is 1.22. The first-order valence-electron chi connectivity index (χ1n) is 12.4. The summed E-state index contributed by atoms with van der Waals surface area (Å²) in [6, 6.07) is 16.0. The average Bonchev–Trinajstić information content (AvgIpc) is 3.50. The van der Waals surface area contributed by atoms with Gasteiger partial charge < -0.3 is 14.7 Å². The van der Waals surface area contributed by atoms with Crippen molar-refractivity contribution in [1.29, 1.82) is 0 Å². The predicted molar refractivity (Wildman–Crippen MR) is 150 cm³/mol. The van der Waals surface area contributed by atoms with Crippen LogP contribution >= 0.6 is 34.2 Å². The summed E-state index contributed by atoms with van der Waals surface area (Å²) in [4.78, 5) is 28.1. The van der Waals surface area contributed by atoms with Crippen molar-refractivity contribution in [3.05, 3.63) is 81.7 Å². The van der Waals surface area contributed by atoms with Crippen LogP contribution in [0.2, 0.25) is 0 Å². The van der Waals surface area contributed by atoms with Gasteiger partial charge in [0.15, 0.2) is 0 Å². The zero-order chi connectivity index (χ0) is 24.8. The highest BCUT2D eigenvalue weighted by atomic mass is 127.